The lowest BCUT2D eigenvalue weighted by molar-refractivity contribution is -0.137. The molecule has 0 aromatic carbocycles. The fourth-order valence-corrected chi connectivity index (χ4v) is 2.92. The van der Waals surface area contributed by atoms with Crippen molar-refractivity contribution in [1.29, 1.82) is 0 Å². The zero-order valence-corrected chi connectivity index (χ0v) is 12.0. The molecule has 6 heteroatoms. The average molecular weight is 284 g/mol. The topological polar surface area (TPSA) is 81.1 Å². The van der Waals surface area contributed by atoms with E-state index in [1.165, 1.54) is 0 Å². The van der Waals surface area contributed by atoms with Gasteiger partial charge in [0.1, 0.15) is 0 Å². The number of aliphatic carboxylic acids is 1. The van der Waals surface area contributed by atoms with Gasteiger partial charge in [0.2, 0.25) is 0 Å². The molecule has 6 nitrogen and oxygen atoms in total. The molecule has 2 fully saturated rings. The Morgan fingerprint density at radius 3 is 2.35 bits per heavy atom. The van der Waals surface area contributed by atoms with Crippen molar-refractivity contribution in [3.63, 3.8) is 0 Å². The van der Waals surface area contributed by atoms with Gasteiger partial charge in [0, 0.05) is 19.6 Å². The molecule has 2 rings (SSSR count). The second-order valence-corrected chi connectivity index (χ2v) is 5.88. The van der Waals surface area contributed by atoms with Crippen LogP contribution >= 0.6 is 0 Å². The number of likely N-dealkylation sites (N-methyl/N-ethyl adjacent to an activating group) is 1. The van der Waals surface area contributed by atoms with Crippen molar-refractivity contribution < 1.29 is 19.8 Å². The van der Waals surface area contributed by atoms with Crippen LogP contribution in [0, 0.1) is 0 Å². The van der Waals surface area contributed by atoms with Gasteiger partial charge in [0.25, 0.3) is 0 Å². The van der Waals surface area contributed by atoms with Crippen LogP contribution < -0.4 is 0 Å². The summed E-state index contributed by atoms with van der Waals surface area (Å²) in [5.41, 5.74) is 0. The van der Waals surface area contributed by atoms with E-state index in [0.29, 0.717) is 0 Å². The summed E-state index contributed by atoms with van der Waals surface area (Å²) >= 11 is 0. The number of carboxylic acid groups (broad SMARTS) is 1. The highest BCUT2D eigenvalue weighted by molar-refractivity contribution is 5.76. The molecule has 2 amide bonds. The minimum atomic E-state index is -0.885. The first kappa shape index (κ1) is 15.1. The molecule has 0 spiro atoms. The Bertz CT molecular complexity index is 370. The van der Waals surface area contributed by atoms with E-state index in [0.717, 1.165) is 38.5 Å². The van der Waals surface area contributed by atoms with Crippen molar-refractivity contribution in [2.75, 3.05) is 13.6 Å². The first-order chi connectivity index (χ1) is 9.50. The molecule has 2 aliphatic carbocycles. The van der Waals surface area contributed by atoms with Gasteiger partial charge >= 0.3 is 12.0 Å². The van der Waals surface area contributed by atoms with E-state index in [-0.39, 0.29) is 31.1 Å². The molecule has 2 N–H and O–H groups in total. The molecule has 0 aromatic heterocycles. The van der Waals surface area contributed by atoms with Crippen LogP contribution in [-0.4, -0.2) is 63.8 Å². The Kier molecular flexibility index (Phi) is 4.86. The van der Waals surface area contributed by atoms with Gasteiger partial charge in [-0.3, -0.25) is 4.79 Å². The number of urea groups is 1. The monoisotopic (exact) mass is 284 g/mol. The molecule has 0 saturated heterocycles. The van der Waals surface area contributed by atoms with Crippen molar-refractivity contribution in [3.05, 3.63) is 0 Å². The van der Waals surface area contributed by atoms with Crippen molar-refractivity contribution in [2.45, 2.75) is 63.1 Å². The zero-order valence-electron chi connectivity index (χ0n) is 12.0. The predicted octanol–water partition coefficient (Wildman–Crippen LogP) is 1.28. The quantitative estimate of drug-likeness (QED) is 0.797. The van der Waals surface area contributed by atoms with E-state index in [1.807, 2.05) is 0 Å². The first-order valence-corrected chi connectivity index (χ1v) is 7.44. The van der Waals surface area contributed by atoms with Crippen LogP contribution in [0.3, 0.4) is 0 Å². The Labute approximate surface area is 119 Å². The number of rotatable bonds is 5. The minimum Gasteiger partial charge on any atom is -0.481 e. The van der Waals surface area contributed by atoms with E-state index in [4.69, 9.17) is 5.11 Å². The van der Waals surface area contributed by atoms with Crippen LogP contribution in [0.25, 0.3) is 0 Å². The maximum atomic E-state index is 12.5. The third-order valence-electron chi connectivity index (χ3n) is 4.29. The van der Waals surface area contributed by atoms with Crippen molar-refractivity contribution in [2.24, 2.45) is 0 Å². The highest BCUT2D eigenvalue weighted by Gasteiger charge is 2.37. The van der Waals surface area contributed by atoms with Gasteiger partial charge in [0.05, 0.1) is 18.6 Å². The largest absolute Gasteiger partial charge is 0.481 e. The normalized spacial score (nSPS) is 26.1. The number of amides is 2. The van der Waals surface area contributed by atoms with Crippen LogP contribution in [0.4, 0.5) is 4.79 Å². The van der Waals surface area contributed by atoms with Gasteiger partial charge in [-0.15, -0.1) is 0 Å². The average Bonchev–Trinajstić information content (AvgIpc) is 3.23. The molecule has 20 heavy (non-hydrogen) atoms. The lowest BCUT2D eigenvalue weighted by Crippen LogP contribution is -2.52. The smallest absolute Gasteiger partial charge is 0.320 e. The van der Waals surface area contributed by atoms with E-state index in [9.17, 15) is 14.7 Å². The van der Waals surface area contributed by atoms with Crippen LogP contribution in [0.5, 0.6) is 0 Å². The number of hydrogen-bond acceptors (Lipinski definition) is 3. The molecule has 0 aromatic rings. The number of aliphatic hydroxyl groups is 1. The van der Waals surface area contributed by atoms with Crippen molar-refractivity contribution in [1.82, 2.24) is 9.80 Å². The molecule has 2 atom stereocenters. The maximum Gasteiger partial charge on any atom is 0.320 e. The number of carboxylic acids is 1. The number of aliphatic hydroxyl groups excluding tert-OH is 1. The van der Waals surface area contributed by atoms with E-state index in [1.54, 1.807) is 16.8 Å². The number of carbonyl (C=O) groups is 2. The molecular weight excluding hydrogens is 260 g/mol. The predicted molar refractivity (Wildman–Crippen MR) is 73.4 cm³/mol. The Morgan fingerprint density at radius 1 is 1.15 bits per heavy atom. The Morgan fingerprint density at radius 2 is 1.80 bits per heavy atom. The molecule has 114 valence electrons. The zero-order chi connectivity index (χ0) is 14.7. The summed E-state index contributed by atoms with van der Waals surface area (Å²) in [5.74, 6) is -0.885. The summed E-state index contributed by atoms with van der Waals surface area (Å²) in [5, 5.41) is 18.8. The van der Waals surface area contributed by atoms with E-state index < -0.39 is 12.1 Å². The molecular formula is C14H24N2O4. The highest BCUT2D eigenvalue weighted by Crippen LogP contribution is 2.30. The summed E-state index contributed by atoms with van der Waals surface area (Å²) in [6.07, 6.45) is 5.01. The van der Waals surface area contributed by atoms with Crippen LogP contribution in [0.1, 0.15) is 44.9 Å². The molecule has 0 bridgehead atoms. The molecule has 2 unspecified atom stereocenters. The van der Waals surface area contributed by atoms with Gasteiger partial charge in [-0.2, -0.15) is 0 Å². The SMILES string of the molecule is CN(C(=O)N(CCC(=O)O)C1CC1)C1CCCCC1O. The lowest BCUT2D eigenvalue weighted by Gasteiger charge is -2.38. The number of nitrogens with zero attached hydrogens (tertiary/aromatic N) is 2. The van der Waals surface area contributed by atoms with Gasteiger partial charge in [-0.1, -0.05) is 12.8 Å². The Balaban J connectivity index is 1.96. The molecule has 0 heterocycles. The molecule has 0 aliphatic heterocycles. The van der Waals surface area contributed by atoms with Gasteiger partial charge in [-0.05, 0) is 25.7 Å². The summed E-state index contributed by atoms with van der Waals surface area (Å²) < 4.78 is 0. The number of carbonyl (C=O) groups excluding carboxylic acids is 1. The second kappa shape index (κ2) is 6.43. The molecule has 0 radical (unpaired) electrons. The highest BCUT2D eigenvalue weighted by atomic mass is 16.4. The van der Waals surface area contributed by atoms with Crippen molar-refractivity contribution in [3.8, 4) is 0 Å². The van der Waals surface area contributed by atoms with Crippen LogP contribution in [0.15, 0.2) is 0 Å². The maximum absolute atomic E-state index is 12.5. The Hall–Kier alpha value is -1.30. The third kappa shape index (κ3) is 3.62. The van der Waals surface area contributed by atoms with Gasteiger partial charge in [-0.25, -0.2) is 4.79 Å². The summed E-state index contributed by atoms with van der Waals surface area (Å²) in [7, 11) is 1.72. The van der Waals surface area contributed by atoms with Gasteiger partial charge < -0.3 is 20.0 Å². The van der Waals surface area contributed by atoms with Crippen LogP contribution in [0.2, 0.25) is 0 Å². The van der Waals surface area contributed by atoms with Crippen LogP contribution in [-0.2, 0) is 4.79 Å². The van der Waals surface area contributed by atoms with Crippen molar-refractivity contribution >= 4 is 12.0 Å². The molecule has 2 aliphatic rings. The second-order valence-electron chi connectivity index (χ2n) is 5.88. The third-order valence-corrected chi connectivity index (χ3v) is 4.29. The fraction of sp³-hybridized carbons (Fsp3) is 0.857. The minimum absolute atomic E-state index is 0.0245. The summed E-state index contributed by atoms with van der Waals surface area (Å²) in [6, 6.07) is -0.0907. The summed E-state index contributed by atoms with van der Waals surface area (Å²) in [4.78, 5) is 26.5. The standard InChI is InChI=1S/C14H24N2O4/c1-15(11-4-2-3-5-12(11)17)14(20)16(10-6-7-10)9-8-13(18)19/h10-12,17H,2-9H2,1H3,(H,18,19). The summed E-state index contributed by atoms with van der Waals surface area (Å²) in [6.45, 7) is 0.256. The molecule has 2 saturated carbocycles. The number of hydrogen-bond donors (Lipinski definition) is 2. The van der Waals surface area contributed by atoms with Gasteiger partial charge in [0.15, 0.2) is 0 Å². The first-order valence-electron chi connectivity index (χ1n) is 7.44. The fourth-order valence-electron chi connectivity index (χ4n) is 2.92. The van der Waals surface area contributed by atoms with E-state index in [2.05, 4.69) is 0 Å². The van der Waals surface area contributed by atoms with E-state index >= 15 is 0 Å². The lowest BCUT2D eigenvalue weighted by atomic mass is 9.92.